The molecule has 134 valence electrons. The number of pyridine rings is 1. The van der Waals surface area contributed by atoms with Gasteiger partial charge in [0.15, 0.2) is 6.10 Å². The molecule has 3 rings (SSSR count). The summed E-state index contributed by atoms with van der Waals surface area (Å²) in [5.41, 5.74) is 1.05. The second-order valence-electron chi connectivity index (χ2n) is 5.55. The standard InChI is InChI=1S/C17H15ClN4O4/c1-9-16(24)22-12-7-11(2-3-14(12)26-9)21-15(23)8-20-17(25)13-6-10(18)4-5-19-13/h2-7,9H,8H2,1H3,(H,20,25)(H,21,23)(H,22,24)/t9-/m1/s1. The third-order valence-electron chi connectivity index (χ3n) is 3.56. The first-order valence-corrected chi connectivity index (χ1v) is 8.11. The van der Waals surface area contributed by atoms with Gasteiger partial charge in [0.2, 0.25) is 5.91 Å². The van der Waals surface area contributed by atoms with Crippen molar-refractivity contribution in [1.82, 2.24) is 10.3 Å². The smallest absolute Gasteiger partial charge is 0.270 e. The van der Waals surface area contributed by atoms with Crippen LogP contribution in [0, 0.1) is 0 Å². The summed E-state index contributed by atoms with van der Waals surface area (Å²) in [5.74, 6) is -0.683. The first-order valence-electron chi connectivity index (χ1n) is 7.73. The first-order chi connectivity index (χ1) is 12.4. The van der Waals surface area contributed by atoms with E-state index in [4.69, 9.17) is 16.3 Å². The molecule has 1 aromatic heterocycles. The molecule has 0 bridgehead atoms. The Hall–Kier alpha value is -3.13. The second kappa shape index (κ2) is 7.40. The molecule has 0 radical (unpaired) electrons. The number of aromatic nitrogens is 1. The lowest BCUT2D eigenvalue weighted by Crippen LogP contribution is -2.34. The number of carbonyl (C=O) groups excluding carboxylic acids is 3. The van der Waals surface area contributed by atoms with Gasteiger partial charge in [-0.3, -0.25) is 19.4 Å². The van der Waals surface area contributed by atoms with Crippen molar-refractivity contribution in [2.24, 2.45) is 0 Å². The number of hydrogen-bond acceptors (Lipinski definition) is 5. The Morgan fingerprint density at radius 2 is 2.12 bits per heavy atom. The molecule has 2 aromatic rings. The fourth-order valence-corrected chi connectivity index (χ4v) is 2.43. The Bertz CT molecular complexity index is 887. The highest BCUT2D eigenvalue weighted by molar-refractivity contribution is 6.30. The molecule has 0 saturated heterocycles. The van der Waals surface area contributed by atoms with Crippen LogP contribution in [-0.2, 0) is 9.59 Å². The van der Waals surface area contributed by atoms with Gasteiger partial charge in [-0.1, -0.05) is 11.6 Å². The zero-order valence-corrected chi connectivity index (χ0v) is 14.5. The van der Waals surface area contributed by atoms with E-state index >= 15 is 0 Å². The number of amides is 3. The van der Waals surface area contributed by atoms with E-state index in [0.29, 0.717) is 22.1 Å². The normalized spacial score (nSPS) is 15.3. The number of ether oxygens (including phenoxy) is 1. The number of halogens is 1. The monoisotopic (exact) mass is 374 g/mol. The molecular weight excluding hydrogens is 360 g/mol. The van der Waals surface area contributed by atoms with Crippen molar-refractivity contribution in [1.29, 1.82) is 0 Å². The molecule has 0 aliphatic carbocycles. The summed E-state index contributed by atoms with van der Waals surface area (Å²) in [5, 5.41) is 8.16. The molecular formula is C17H15ClN4O4. The van der Waals surface area contributed by atoms with E-state index in [1.165, 1.54) is 12.3 Å². The van der Waals surface area contributed by atoms with E-state index in [1.54, 1.807) is 31.2 Å². The number of nitrogens with zero attached hydrogens (tertiary/aromatic N) is 1. The van der Waals surface area contributed by atoms with Crippen LogP contribution in [0.5, 0.6) is 5.75 Å². The van der Waals surface area contributed by atoms with Crippen LogP contribution < -0.4 is 20.7 Å². The number of nitrogens with one attached hydrogen (secondary N) is 3. The van der Waals surface area contributed by atoms with Gasteiger partial charge in [0.05, 0.1) is 12.2 Å². The molecule has 1 atom stereocenters. The highest BCUT2D eigenvalue weighted by atomic mass is 35.5. The molecule has 1 aliphatic rings. The van der Waals surface area contributed by atoms with Crippen LogP contribution in [-0.4, -0.2) is 35.4 Å². The van der Waals surface area contributed by atoms with Crippen molar-refractivity contribution in [3.63, 3.8) is 0 Å². The number of rotatable bonds is 4. The Morgan fingerprint density at radius 1 is 1.31 bits per heavy atom. The summed E-state index contributed by atoms with van der Waals surface area (Å²) in [6.07, 6.45) is 0.833. The average molecular weight is 375 g/mol. The Morgan fingerprint density at radius 3 is 2.88 bits per heavy atom. The third kappa shape index (κ3) is 4.09. The van der Waals surface area contributed by atoms with Crippen molar-refractivity contribution in [3.05, 3.63) is 47.2 Å². The molecule has 0 unspecified atom stereocenters. The Kier molecular flexibility index (Phi) is 5.04. The molecule has 3 amide bonds. The second-order valence-corrected chi connectivity index (χ2v) is 5.99. The maximum Gasteiger partial charge on any atom is 0.270 e. The third-order valence-corrected chi connectivity index (χ3v) is 3.79. The maximum atomic E-state index is 12.0. The molecule has 9 heteroatoms. The summed E-state index contributed by atoms with van der Waals surface area (Å²) >= 11 is 5.80. The summed E-state index contributed by atoms with van der Waals surface area (Å²) < 4.78 is 5.44. The summed E-state index contributed by atoms with van der Waals surface area (Å²) in [6.45, 7) is 1.40. The molecule has 26 heavy (non-hydrogen) atoms. The number of fused-ring (bicyclic) bond motifs is 1. The van der Waals surface area contributed by atoms with Gasteiger partial charge in [0.25, 0.3) is 11.8 Å². The van der Waals surface area contributed by atoms with E-state index in [1.807, 2.05) is 0 Å². The van der Waals surface area contributed by atoms with Crippen LogP contribution in [0.15, 0.2) is 36.5 Å². The fraction of sp³-hybridized carbons (Fsp3) is 0.176. The number of anilines is 2. The zero-order valence-electron chi connectivity index (χ0n) is 13.7. The van der Waals surface area contributed by atoms with Gasteiger partial charge in [-0.2, -0.15) is 0 Å². The molecule has 2 heterocycles. The molecule has 0 fully saturated rings. The van der Waals surface area contributed by atoms with E-state index in [9.17, 15) is 14.4 Å². The summed E-state index contributed by atoms with van der Waals surface area (Å²) in [6, 6.07) is 7.82. The van der Waals surface area contributed by atoms with Crippen LogP contribution >= 0.6 is 11.6 Å². The summed E-state index contributed by atoms with van der Waals surface area (Å²) in [4.78, 5) is 39.5. The van der Waals surface area contributed by atoms with E-state index < -0.39 is 17.9 Å². The minimum absolute atomic E-state index is 0.119. The number of carbonyl (C=O) groups is 3. The van der Waals surface area contributed by atoms with Crippen LogP contribution in [0.4, 0.5) is 11.4 Å². The summed E-state index contributed by atoms with van der Waals surface area (Å²) in [7, 11) is 0. The Labute approximate surface area is 153 Å². The van der Waals surface area contributed by atoms with Crippen LogP contribution in [0.2, 0.25) is 5.02 Å². The lowest BCUT2D eigenvalue weighted by atomic mass is 10.2. The van der Waals surface area contributed by atoms with Gasteiger partial charge in [0.1, 0.15) is 11.4 Å². The maximum absolute atomic E-state index is 12.0. The van der Waals surface area contributed by atoms with Crippen LogP contribution in [0.3, 0.4) is 0 Å². The highest BCUT2D eigenvalue weighted by Gasteiger charge is 2.23. The van der Waals surface area contributed by atoms with Crippen molar-refractivity contribution in [2.45, 2.75) is 13.0 Å². The van der Waals surface area contributed by atoms with Gasteiger partial charge < -0.3 is 20.7 Å². The SMILES string of the molecule is C[C@H]1Oc2ccc(NC(=O)CNC(=O)c3cc(Cl)ccn3)cc2NC1=O. The van der Waals surface area contributed by atoms with Crippen LogP contribution in [0.25, 0.3) is 0 Å². The van der Waals surface area contributed by atoms with Gasteiger partial charge in [0, 0.05) is 16.9 Å². The van der Waals surface area contributed by atoms with Gasteiger partial charge in [-0.15, -0.1) is 0 Å². The minimum Gasteiger partial charge on any atom is -0.479 e. The quantitative estimate of drug-likeness (QED) is 0.756. The molecule has 0 spiro atoms. The zero-order chi connectivity index (χ0) is 18.7. The Balaban J connectivity index is 1.58. The van der Waals surface area contributed by atoms with E-state index in [-0.39, 0.29) is 18.1 Å². The molecule has 1 aliphatic heterocycles. The highest BCUT2D eigenvalue weighted by Crippen LogP contribution is 2.32. The van der Waals surface area contributed by atoms with Crippen LogP contribution in [0.1, 0.15) is 17.4 Å². The predicted octanol–water partition coefficient (Wildman–Crippen LogP) is 1.82. The fourth-order valence-electron chi connectivity index (χ4n) is 2.27. The largest absolute Gasteiger partial charge is 0.479 e. The van der Waals surface area contributed by atoms with Crippen molar-refractivity contribution in [3.8, 4) is 5.75 Å². The molecule has 8 nitrogen and oxygen atoms in total. The van der Waals surface area contributed by atoms with E-state index in [2.05, 4.69) is 20.9 Å². The van der Waals surface area contributed by atoms with Gasteiger partial charge >= 0.3 is 0 Å². The molecule has 0 saturated carbocycles. The number of benzene rings is 1. The topological polar surface area (TPSA) is 109 Å². The van der Waals surface area contributed by atoms with Gasteiger partial charge in [-0.05, 0) is 37.3 Å². The first kappa shape index (κ1) is 17.7. The van der Waals surface area contributed by atoms with Crippen molar-refractivity contribution >= 4 is 40.7 Å². The molecule has 3 N–H and O–H groups in total. The molecule has 1 aromatic carbocycles. The van der Waals surface area contributed by atoms with Crippen molar-refractivity contribution in [2.75, 3.05) is 17.2 Å². The number of hydrogen-bond donors (Lipinski definition) is 3. The van der Waals surface area contributed by atoms with E-state index in [0.717, 1.165) is 0 Å². The van der Waals surface area contributed by atoms with Crippen molar-refractivity contribution < 1.29 is 19.1 Å². The lowest BCUT2D eigenvalue weighted by Gasteiger charge is -2.23. The van der Waals surface area contributed by atoms with Gasteiger partial charge in [-0.25, -0.2) is 0 Å². The average Bonchev–Trinajstić information content (AvgIpc) is 2.61. The predicted molar refractivity (Wildman–Crippen MR) is 95.4 cm³/mol. The minimum atomic E-state index is -0.571. The lowest BCUT2D eigenvalue weighted by molar-refractivity contribution is -0.122.